The summed E-state index contributed by atoms with van der Waals surface area (Å²) < 4.78 is 12.6. The van der Waals surface area contributed by atoms with Crippen molar-refractivity contribution >= 4 is 16.7 Å². The number of allylic oxidation sites excluding steroid dienone is 5. The summed E-state index contributed by atoms with van der Waals surface area (Å²) in [6, 6.07) is 8.37. The highest BCUT2D eigenvalue weighted by atomic mass is 32.2. The van der Waals surface area contributed by atoms with Crippen LogP contribution >= 0.6 is 11.8 Å². The summed E-state index contributed by atoms with van der Waals surface area (Å²) in [4.78, 5) is 1.25. The van der Waals surface area contributed by atoms with Crippen molar-refractivity contribution in [2.45, 2.75) is 39.2 Å². The molecule has 172 valence electrons. The Morgan fingerprint density at radius 2 is 2.22 bits per heavy atom. The fraction of sp³-hybridized carbons (Fsp3) is 0.444. The summed E-state index contributed by atoms with van der Waals surface area (Å²) in [6.45, 7) is 10.7. The third-order valence-corrected chi connectivity index (χ3v) is 7.50. The van der Waals surface area contributed by atoms with Crippen molar-refractivity contribution in [2.24, 2.45) is 11.8 Å². The van der Waals surface area contributed by atoms with Gasteiger partial charge >= 0.3 is 0 Å². The zero-order chi connectivity index (χ0) is 23.6. The average Bonchev–Trinajstić information content (AvgIpc) is 2.77. The largest absolute Gasteiger partial charge is 0.385 e. The van der Waals surface area contributed by atoms with Crippen LogP contribution in [-0.4, -0.2) is 31.6 Å². The summed E-state index contributed by atoms with van der Waals surface area (Å²) >= 11 is 1.87. The van der Waals surface area contributed by atoms with Gasteiger partial charge in [-0.3, -0.25) is 0 Å². The highest BCUT2D eigenvalue weighted by molar-refractivity contribution is 8.08. The van der Waals surface area contributed by atoms with Gasteiger partial charge in [-0.15, -0.1) is 11.8 Å². The van der Waals surface area contributed by atoms with E-state index in [1.54, 1.807) is 12.2 Å². The Balaban J connectivity index is 2.23. The van der Waals surface area contributed by atoms with Crippen LogP contribution in [0.25, 0.3) is 4.91 Å². The third kappa shape index (κ3) is 7.12. The molecule has 0 aromatic heterocycles. The summed E-state index contributed by atoms with van der Waals surface area (Å²) in [6.07, 6.45) is 11.3. The maximum absolute atomic E-state index is 12.6. The molecule has 1 heterocycles. The Morgan fingerprint density at radius 3 is 2.88 bits per heavy atom. The van der Waals surface area contributed by atoms with Crippen molar-refractivity contribution in [3.05, 3.63) is 77.5 Å². The molecule has 1 aliphatic rings. The van der Waals surface area contributed by atoms with Gasteiger partial charge < -0.3 is 10.6 Å². The Bertz CT molecular complexity index is 912. The topological polar surface area (TPSA) is 47.8 Å². The second kappa shape index (κ2) is 12.7. The number of nitriles is 1. The first-order chi connectivity index (χ1) is 15.4. The molecule has 0 bridgehead atoms. The molecule has 0 amide bonds. The van der Waals surface area contributed by atoms with Gasteiger partial charge in [0.1, 0.15) is 6.67 Å². The van der Waals surface area contributed by atoms with Crippen LogP contribution in [0.4, 0.5) is 4.39 Å². The van der Waals surface area contributed by atoms with Crippen LogP contribution in [-0.2, 0) is 0 Å². The van der Waals surface area contributed by atoms with Gasteiger partial charge in [0, 0.05) is 28.4 Å². The number of nitrogens with one attached hydrogen (secondary N) is 2. The maximum Gasteiger partial charge on any atom is 0.108 e. The first-order valence-electron chi connectivity index (χ1n) is 11.2. The lowest BCUT2D eigenvalue weighted by Gasteiger charge is -2.42. The third-order valence-electron chi connectivity index (χ3n) is 6.13. The second-order valence-corrected chi connectivity index (χ2v) is 9.72. The van der Waals surface area contributed by atoms with Crippen molar-refractivity contribution in [2.75, 3.05) is 26.0 Å². The number of benzene rings is 1. The normalized spacial score (nSPS) is 24.7. The molecule has 3 atom stereocenters. The van der Waals surface area contributed by atoms with Crippen molar-refractivity contribution in [1.82, 2.24) is 10.6 Å². The smallest absolute Gasteiger partial charge is 0.108 e. The first kappa shape index (κ1) is 26.0. The Hall–Kier alpha value is -2.29. The van der Waals surface area contributed by atoms with E-state index in [1.807, 2.05) is 36.9 Å². The molecular weight excluding hydrogens is 417 g/mol. The minimum atomic E-state index is -0.484. The lowest BCUT2D eigenvalue weighted by Crippen LogP contribution is -2.54. The van der Waals surface area contributed by atoms with Gasteiger partial charge in [0.05, 0.1) is 11.6 Å². The molecule has 2 rings (SSSR count). The van der Waals surface area contributed by atoms with E-state index in [4.69, 9.17) is 0 Å². The standard InChI is InChI=1S/C27H36FN3S/c1-6-8-25(9-7-12-28)31-18-22(4)27(30-5)16-20(2)10-11-26(32-19-27)24-14-21(3)13-23(15-24)17-29/h6-9,11,13-15,20,22,30-31H,1,10,12,16,18-19H2,2-5H3/b9-7-,25-8+,26-11-/t20-,22?,27?/m0/s1. The van der Waals surface area contributed by atoms with Crippen LogP contribution < -0.4 is 10.6 Å². The molecule has 0 saturated carbocycles. The molecule has 0 fully saturated rings. The molecule has 1 aromatic carbocycles. The lowest BCUT2D eigenvalue weighted by molar-refractivity contribution is 0.216. The molecule has 0 aliphatic carbocycles. The predicted octanol–water partition coefficient (Wildman–Crippen LogP) is 6.15. The van der Waals surface area contributed by atoms with Crippen molar-refractivity contribution in [1.29, 1.82) is 5.26 Å². The van der Waals surface area contributed by atoms with E-state index in [0.29, 0.717) is 17.4 Å². The number of hydrogen-bond acceptors (Lipinski definition) is 4. The van der Waals surface area contributed by atoms with Gasteiger partial charge in [0.15, 0.2) is 0 Å². The van der Waals surface area contributed by atoms with Crippen LogP contribution in [0.15, 0.2) is 60.9 Å². The zero-order valence-corrected chi connectivity index (χ0v) is 20.6. The quantitative estimate of drug-likeness (QED) is 0.440. The molecule has 1 aliphatic heterocycles. The summed E-state index contributed by atoms with van der Waals surface area (Å²) in [5, 5.41) is 16.5. The molecule has 0 radical (unpaired) electrons. The van der Waals surface area contributed by atoms with Gasteiger partial charge in [0.25, 0.3) is 0 Å². The molecule has 3 nitrogen and oxygen atoms in total. The van der Waals surface area contributed by atoms with Crippen LogP contribution in [0.2, 0.25) is 0 Å². The van der Waals surface area contributed by atoms with Crippen molar-refractivity contribution in [3.8, 4) is 6.07 Å². The zero-order valence-electron chi connectivity index (χ0n) is 19.7. The minimum absolute atomic E-state index is 0.0540. The van der Waals surface area contributed by atoms with Gasteiger partial charge in [0.2, 0.25) is 0 Å². The Morgan fingerprint density at radius 1 is 1.44 bits per heavy atom. The lowest BCUT2D eigenvalue weighted by atomic mass is 9.78. The minimum Gasteiger partial charge on any atom is -0.385 e. The van der Waals surface area contributed by atoms with Gasteiger partial charge in [-0.1, -0.05) is 44.7 Å². The van der Waals surface area contributed by atoms with E-state index in [9.17, 15) is 9.65 Å². The number of halogens is 1. The molecule has 0 saturated heterocycles. The van der Waals surface area contributed by atoms with E-state index in [1.165, 1.54) is 11.0 Å². The van der Waals surface area contributed by atoms with Gasteiger partial charge in [-0.2, -0.15) is 5.26 Å². The van der Waals surface area contributed by atoms with E-state index in [2.05, 4.69) is 56.3 Å². The van der Waals surface area contributed by atoms with Crippen molar-refractivity contribution in [3.63, 3.8) is 0 Å². The number of thioether (sulfide) groups is 1. The Labute approximate surface area is 197 Å². The number of rotatable bonds is 9. The number of hydrogen-bond donors (Lipinski definition) is 2. The molecule has 0 spiro atoms. The number of alkyl halides is 1. The summed E-state index contributed by atoms with van der Waals surface area (Å²) in [7, 11) is 2.05. The van der Waals surface area contributed by atoms with Gasteiger partial charge in [-0.25, -0.2) is 4.39 Å². The average molecular weight is 454 g/mol. The molecular formula is C27H36FN3S. The summed E-state index contributed by atoms with van der Waals surface area (Å²) in [5.41, 5.74) is 3.75. The first-order valence-corrected chi connectivity index (χ1v) is 12.2. The molecule has 1 aromatic rings. The van der Waals surface area contributed by atoms with Crippen LogP contribution in [0.1, 0.15) is 43.4 Å². The maximum atomic E-state index is 12.6. The predicted molar refractivity (Wildman–Crippen MR) is 137 cm³/mol. The van der Waals surface area contributed by atoms with Gasteiger partial charge in [-0.05, 0) is 74.1 Å². The SMILES string of the molecule is C=C/C=C(\C=C/CF)NCC(C)C1(NC)CS/C(c2cc(C)cc(C#N)c2)=C\C[C@H](C)C1. The van der Waals surface area contributed by atoms with E-state index in [-0.39, 0.29) is 5.54 Å². The number of aryl methyl sites for hydroxylation is 1. The second-order valence-electron chi connectivity index (χ2n) is 8.70. The highest BCUT2D eigenvalue weighted by Gasteiger charge is 2.37. The van der Waals surface area contributed by atoms with E-state index in [0.717, 1.165) is 42.0 Å². The van der Waals surface area contributed by atoms with Crippen molar-refractivity contribution < 1.29 is 4.39 Å². The molecule has 32 heavy (non-hydrogen) atoms. The van der Waals surface area contributed by atoms with E-state index >= 15 is 0 Å². The fourth-order valence-corrected chi connectivity index (χ4v) is 5.69. The van der Waals surface area contributed by atoms with E-state index < -0.39 is 6.67 Å². The monoisotopic (exact) mass is 453 g/mol. The molecule has 2 N–H and O–H groups in total. The fourth-order valence-electron chi connectivity index (χ4n) is 4.23. The summed E-state index contributed by atoms with van der Waals surface area (Å²) in [5.74, 6) is 1.79. The Kier molecular flexibility index (Phi) is 10.3. The van der Waals surface area contributed by atoms with Crippen LogP contribution in [0.3, 0.4) is 0 Å². The highest BCUT2D eigenvalue weighted by Crippen LogP contribution is 2.40. The van der Waals surface area contributed by atoms with Crippen LogP contribution in [0.5, 0.6) is 0 Å². The number of nitrogens with zero attached hydrogens (tertiary/aromatic N) is 1. The molecule has 2 unspecified atom stereocenters. The molecule has 5 heteroatoms. The van der Waals surface area contributed by atoms with Crippen LogP contribution in [0, 0.1) is 30.1 Å².